The molecule has 0 amide bonds. The predicted molar refractivity (Wildman–Crippen MR) is 33.0 cm³/mol. The van der Waals surface area contributed by atoms with Crippen molar-refractivity contribution in [2.24, 2.45) is 5.92 Å². The SMILES string of the molecule is O[C@@H]1CNC[C@H](C(F)F)C1. The molecule has 1 saturated heterocycles. The van der Waals surface area contributed by atoms with Gasteiger partial charge in [0.25, 0.3) is 0 Å². The van der Waals surface area contributed by atoms with Gasteiger partial charge in [0.05, 0.1) is 6.10 Å². The molecule has 60 valence electrons. The van der Waals surface area contributed by atoms with Crippen molar-refractivity contribution in [3.05, 3.63) is 0 Å². The third-order valence-electron chi connectivity index (χ3n) is 1.72. The van der Waals surface area contributed by atoms with Gasteiger partial charge in [0.15, 0.2) is 0 Å². The first kappa shape index (κ1) is 7.88. The van der Waals surface area contributed by atoms with Crippen molar-refractivity contribution in [2.45, 2.75) is 19.0 Å². The van der Waals surface area contributed by atoms with E-state index in [4.69, 9.17) is 5.11 Å². The lowest BCUT2D eigenvalue weighted by atomic mass is 9.98. The number of hydrogen-bond acceptors (Lipinski definition) is 2. The van der Waals surface area contributed by atoms with E-state index < -0.39 is 18.4 Å². The van der Waals surface area contributed by atoms with E-state index in [9.17, 15) is 8.78 Å². The molecule has 0 saturated carbocycles. The van der Waals surface area contributed by atoms with Gasteiger partial charge in [-0.1, -0.05) is 0 Å². The minimum absolute atomic E-state index is 0.227. The number of nitrogens with one attached hydrogen (secondary N) is 1. The number of hydrogen-bond donors (Lipinski definition) is 2. The van der Waals surface area contributed by atoms with Crippen LogP contribution in [0.3, 0.4) is 0 Å². The Morgan fingerprint density at radius 1 is 1.40 bits per heavy atom. The minimum Gasteiger partial charge on any atom is -0.392 e. The van der Waals surface area contributed by atoms with Gasteiger partial charge < -0.3 is 10.4 Å². The summed E-state index contributed by atoms with van der Waals surface area (Å²) in [5, 5.41) is 11.7. The quantitative estimate of drug-likeness (QED) is 0.562. The number of rotatable bonds is 1. The van der Waals surface area contributed by atoms with Gasteiger partial charge in [-0.2, -0.15) is 0 Å². The molecule has 0 aromatic rings. The van der Waals surface area contributed by atoms with Crippen molar-refractivity contribution in [2.75, 3.05) is 13.1 Å². The summed E-state index contributed by atoms with van der Waals surface area (Å²) in [4.78, 5) is 0. The fourth-order valence-electron chi connectivity index (χ4n) is 1.14. The topological polar surface area (TPSA) is 32.3 Å². The number of alkyl halides is 2. The molecule has 1 fully saturated rings. The van der Waals surface area contributed by atoms with E-state index in [1.807, 2.05) is 0 Å². The summed E-state index contributed by atoms with van der Waals surface area (Å²) in [5.74, 6) is -0.663. The zero-order valence-electron chi connectivity index (χ0n) is 5.56. The fraction of sp³-hybridized carbons (Fsp3) is 1.00. The molecule has 2 N–H and O–H groups in total. The molecule has 1 aliphatic rings. The molecule has 0 spiro atoms. The summed E-state index contributed by atoms with van der Waals surface area (Å²) < 4.78 is 23.9. The maximum atomic E-state index is 11.9. The predicted octanol–water partition coefficient (Wildman–Crippen LogP) is 0.222. The van der Waals surface area contributed by atoms with Gasteiger partial charge in [-0.15, -0.1) is 0 Å². The van der Waals surface area contributed by atoms with Crippen LogP contribution in [0.15, 0.2) is 0 Å². The molecule has 0 bridgehead atoms. The molecule has 0 aromatic carbocycles. The Balaban J connectivity index is 2.32. The van der Waals surface area contributed by atoms with Crippen LogP contribution in [0.4, 0.5) is 8.78 Å². The van der Waals surface area contributed by atoms with Gasteiger partial charge in [0, 0.05) is 19.0 Å². The van der Waals surface area contributed by atoms with E-state index in [-0.39, 0.29) is 6.42 Å². The fourth-order valence-corrected chi connectivity index (χ4v) is 1.14. The summed E-state index contributed by atoms with van der Waals surface area (Å²) in [7, 11) is 0. The molecule has 2 atom stereocenters. The number of halogens is 2. The van der Waals surface area contributed by atoms with E-state index >= 15 is 0 Å². The molecule has 10 heavy (non-hydrogen) atoms. The van der Waals surface area contributed by atoms with Gasteiger partial charge in [0.2, 0.25) is 6.43 Å². The van der Waals surface area contributed by atoms with Gasteiger partial charge in [-0.25, -0.2) is 8.78 Å². The second kappa shape index (κ2) is 3.25. The monoisotopic (exact) mass is 151 g/mol. The normalized spacial score (nSPS) is 34.8. The first-order chi connectivity index (χ1) is 4.70. The molecule has 0 aliphatic carbocycles. The molecule has 4 heteroatoms. The molecular formula is C6H11F2NO. The average molecular weight is 151 g/mol. The van der Waals surface area contributed by atoms with Gasteiger partial charge in [-0.05, 0) is 6.42 Å². The summed E-state index contributed by atoms with van der Waals surface area (Å²) in [5.41, 5.74) is 0. The zero-order valence-corrected chi connectivity index (χ0v) is 5.56. The van der Waals surface area contributed by atoms with Crippen molar-refractivity contribution in [3.63, 3.8) is 0 Å². The molecule has 1 rings (SSSR count). The van der Waals surface area contributed by atoms with Crippen LogP contribution >= 0.6 is 0 Å². The van der Waals surface area contributed by atoms with Crippen LogP contribution in [0.5, 0.6) is 0 Å². The number of β-amino-alcohol motifs (C(OH)–C–C–N with tert-alkyl or cyclic N) is 1. The Bertz CT molecular complexity index is 110. The molecule has 2 nitrogen and oxygen atoms in total. The highest BCUT2D eigenvalue weighted by Crippen LogP contribution is 2.17. The highest BCUT2D eigenvalue weighted by molar-refractivity contribution is 4.76. The highest BCUT2D eigenvalue weighted by Gasteiger charge is 2.26. The lowest BCUT2D eigenvalue weighted by Crippen LogP contribution is -2.41. The van der Waals surface area contributed by atoms with Crippen molar-refractivity contribution >= 4 is 0 Å². The van der Waals surface area contributed by atoms with Crippen LogP contribution in [0.2, 0.25) is 0 Å². The van der Waals surface area contributed by atoms with Crippen molar-refractivity contribution < 1.29 is 13.9 Å². The maximum absolute atomic E-state index is 11.9. The lowest BCUT2D eigenvalue weighted by molar-refractivity contribution is 0.0203. The van der Waals surface area contributed by atoms with Crippen LogP contribution in [-0.4, -0.2) is 30.7 Å². The second-order valence-corrected chi connectivity index (χ2v) is 2.64. The number of aliphatic hydroxyl groups is 1. The van der Waals surface area contributed by atoms with Crippen molar-refractivity contribution in [1.29, 1.82) is 0 Å². The highest BCUT2D eigenvalue weighted by atomic mass is 19.3. The first-order valence-electron chi connectivity index (χ1n) is 3.37. The molecule has 1 aliphatic heterocycles. The summed E-state index contributed by atoms with van der Waals surface area (Å²) in [6, 6.07) is 0. The molecule has 0 aromatic heterocycles. The Kier molecular flexibility index (Phi) is 2.56. The largest absolute Gasteiger partial charge is 0.392 e. The van der Waals surface area contributed by atoms with Gasteiger partial charge in [0.1, 0.15) is 0 Å². The summed E-state index contributed by atoms with van der Waals surface area (Å²) >= 11 is 0. The Labute approximate surface area is 58.2 Å². The Hall–Kier alpha value is -0.220. The van der Waals surface area contributed by atoms with E-state index in [0.717, 1.165) is 0 Å². The molecule has 0 radical (unpaired) electrons. The third kappa shape index (κ3) is 1.88. The second-order valence-electron chi connectivity index (χ2n) is 2.64. The van der Waals surface area contributed by atoms with E-state index in [0.29, 0.717) is 13.1 Å². The van der Waals surface area contributed by atoms with Gasteiger partial charge >= 0.3 is 0 Å². The number of aliphatic hydroxyl groups excluding tert-OH is 1. The van der Waals surface area contributed by atoms with Crippen LogP contribution in [0.25, 0.3) is 0 Å². The molecule has 1 heterocycles. The number of piperidine rings is 1. The van der Waals surface area contributed by atoms with E-state index in [1.54, 1.807) is 0 Å². The van der Waals surface area contributed by atoms with Crippen molar-refractivity contribution in [3.8, 4) is 0 Å². The standard InChI is InChI=1S/C6H11F2NO/c7-6(8)4-1-5(10)3-9-2-4/h4-6,9-10H,1-3H2/t4-,5+/m1/s1. The van der Waals surface area contributed by atoms with Crippen LogP contribution in [0.1, 0.15) is 6.42 Å². The Morgan fingerprint density at radius 3 is 2.50 bits per heavy atom. The lowest BCUT2D eigenvalue weighted by Gasteiger charge is -2.25. The van der Waals surface area contributed by atoms with Crippen LogP contribution in [-0.2, 0) is 0 Å². The van der Waals surface area contributed by atoms with Crippen LogP contribution < -0.4 is 5.32 Å². The van der Waals surface area contributed by atoms with Crippen LogP contribution in [0, 0.1) is 5.92 Å². The molecule has 0 unspecified atom stereocenters. The summed E-state index contributed by atoms with van der Waals surface area (Å²) in [6.45, 7) is 0.776. The zero-order chi connectivity index (χ0) is 7.56. The summed E-state index contributed by atoms with van der Waals surface area (Å²) in [6.07, 6.45) is -2.67. The molecular weight excluding hydrogens is 140 g/mol. The van der Waals surface area contributed by atoms with E-state index in [1.165, 1.54) is 0 Å². The smallest absolute Gasteiger partial charge is 0.242 e. The Morgan fingerprint density at radius 2 is 2.10 bits per heavy atom. The minimum atomic E-state index is -2.30. The third-order valence-corrected chi connectivity index (χ3v) is 1.72. The van der Waals surface area contributed by atoms with E-state index in [2.05, 4.69) is 5.32 Å². The maximum Gasteiger partial charge on any atom is 0.242 e. The van der Waals surface area contributed by atoms with Gasteiger partial charge in [-0.3, -0.25) is 0 Å². The van der Waals surface area contributed by atoms with Crippen molar-refractivity contribution in [1.82, 2.24) is 5.32 Å². The average Bonchev–Trinajstić information content (AvgIpc) is 1.88. The first-order valence-corrected chi connectivity index (χ1v) is 3.37.